The van der Waals surface area contributed by atoms with Gasteiger partial charge in [-0.15, -0.1) is 11.8 Å². The summed E-state index contributed by atoms with van der Waals surface area (Å²) in [7, 11) is 0. The second-order valence-corrected chi connectivity index (χ2v) is 6.67. The van der Waals surface area contributed by atoms with Crippen LogP contribution in [0.5, 0.6) is 0 Å². The van der Waals surface area contributed by atoms with E-state index in [0.717, 1.165) is 38.1 Å². The molecule has 3 unspecified atom stereocenters. The summed E-state index contributed by atoms with van der Waals surface area (Å²) in [5.41, 5.74) is 1.15. The number of nitrogens with zero attached hydrogens (tertiary/aromatic N) is 1. The van der Waals surface area contributed by atoms with Crippen molar-refractivity contribution in [1.82, 2.24) is 10.3 Å². The highest BCUT2D eigenvalue weighted by atomic mass is 32.2. The van der Waals surface area contributed by atoms with Gasteiger partial charge in [-0.1, -0.05) is 13.8 Å². The zero-order chi connectivity index (χ0) is 14.4. The van der Waals surface area contributed by atoms with Gasteiger partial charge in [-0.25, -0.2) is 0 Å². The van der Waals surface area contributed by atoms with E-state index in [1.807, 2.05) is 18.0 Å². The number of aromatic nitrogens is 1. The van der Waals surface area contributed by atoms with E-state index in [0.29, 0.717) is 17.4 Å². The summed E-state index contributed by atoms with van der Waals surface area (Å²) >= 11 is 1.90. The third-order valence-corrected chi connectivity index (χ3v) is 5.19. The number of rotatable bonds is 7. The largest absolute Gasteiger partial charge is 0.377 e. The minimum atomic E-state index is 0.356. The molecule has 0 radical (unpaired) electrons. The van der Waals surface area contributed by atoms with E-state index < -0.39 is 0 Å². The van der Waals surface area contributed by atoms with E-state index in [1.165, 1.54) is 4.90 Å². The van der Waals surface area contributed by atoms with Gasteiger partial charge in [0.1, 0.15) is 0 Å². The Labute approximate surface area is 126 Å². The van der Waals surface area contributed by atoms with E-state index in [9.17, 15) is 0 Å². The summed E-state index contributed by atoms with van der Waals surface area (Å²) in [5, 5.41) is 4.12. The van der Waals surface area contributed by atoms with Crippen LogP contribution >= 0.6 is 11.8 Å². The van der Waals surface area contributed by atoms with Crippen molar-refractivity contribution in [3.05, 3.63) is 24.0 Å². The predicted octanol–water partition coefficient (Wildman–Crippen LogP) is 3.80. The number of ether oxygens (including phenoxy) is 1. The molecule has 2 rings (SSSR count). The quantitative estimate of drug-likeness (QED) is 0.829. The first-order valence-electron chi connectivity index (χ1n) is 7.72. The van der Waals surface area contributed by atoms with E-state index in [4.69, 9.17) is 4.74 Å². The lowest BCUT2D eigenvalue weighted by molar-refractivity contribution is 0.127. The Morgan fingerprint density at radius 2 is 2.30 bits per heavy atom. The van der Waals surface area contributed by atoms with Crippen molar-refractivity contribution in [2.45, 2.75) is 62.3 Å². The Kier molecular flexibility index (Phi) is 6.33. The summed E-state index contributed by atoms with van der Waals surface area (Å²) in [4.78, 5) is 5.90. The van der Waals surface area contributed by atoms with Crippen LogP contribution in [0, 0.1) is 0 Å². The Balaban J connectivity index is 1.94. The second kappa shape index (κ2) is 8.01. The smallest absolute Gasteiger partial charge is 0.0669 e. The van der Waals surface area contributed by atoms with Crippen LogP contribution in [0.25, 0.3) is 0 Å². The van der Waals surface area contributed by atoms with Gasteiger partial charge in [0.2, 0.25) is 0 Å². The molecule has 20 heavy (non-hydrogen) atoms. The van der Waals surface area contributed by atoms with Crippen molar-refractivity contribution in [1.29, 1.82) is 0 Å². The van der Waals surface area contributed by atoms with Crippen molar-refractivity contribution >= 4 is 11.8 Å². The first-order valence-corrected chi connectivity index (χ1v) is 8.60. The molecule has 1 aromatic rings. The molecule has 0 saturated carbocycles. The second-order valence-electron chi connectivity index (χ2n) is 5.35. The monoisotopic (exact) mass is 294 g/mol. The Hall–Kier alpha value is -0.580. The molecule has 2 heterocycles. The molecule has 3 atom stereocenters. The van der Waals surface area contributed by atoms with Crippen molar-refractivity contribution in [2.75, 3.05) is 13.2 Å². The molecule has 1 aromatic heterocycles. The number of hydrogen-bond acceptors (Lipinski definition) is 4. The minimum absolute atomic E-state index is 0.356. The van der Waals surface area contributed by atoms with Gasteiger partial charge in [0.25, 0.3) is 0 Å². The summed E-state index contributed by atoms with van der Waals surface area (Å²) in [6, 6.07) is 4.75. The highest BCUT2D eigenvalue weighted by molar-refractivity contribution is 8.00. The summed E-state index contributed by atoms with van der Waals surface area (Å²) < 4.78 is 5.61. The van der Waals surface area contributed by atoms with E-state index in [-0.39, 0.29) is 0 Å². The average molecular weight is 294 g/mol. The molecule has 0 bridgehead atoms. The third-order valence-electron chi connectivity index (χ3n) is 3.76. The first-order chi connectivity index (χ1) is 9.74. The molecule has 4 heteroatoms. The maximum atomic E-state index is 5.61. The van der Waals surface area contributed by atoms with Crippen LogP contribution in [-0.4, -0.2) is 29.5 Å². The SMILES string of the molecule is CCCNC(CC)c1ccc(SC2CCOC2C)cn1. The molecule has 1 aliphatic rings. The predicted molar refractivity (Wildman–Crippen MR) is 85.2 cm³/mol. The molecule has 0 aromatic carbocycles. The summed E-state index contributed by atoms with van der Waals surface area (Å²) in [6.07, 6.45) is 5.75. The molecule has 0 amide bonds. The van der Waals surface area contributed by atoms with Gasteiger partial charge in [0, 0.05) is 29.0 Å². The lowest BCUT2D eigenvalue weighted by atomic mass is 10.1. The van der Waals surface area contributed by atoms with Crippen LogP contribution in [0.4, 0.5) is 0 Å². The van der Waals surface area contributed by atoms with Crippen LogP contribution in [0.2, 0.25) is 0 Å². The Morgan fingerprint density at radius 1 is 1.45 bits per heavy atom. The molecule has 112 valence electrons. The van der Waals surface area contributed by atoms with Gasteiger partial charge >= 0.3 is 0 Å². The van der Waals surface area contributed by atoms with Crippen LogP contribution in [0.3, 0.4) is 0 Å². The Bertz CT molecular complexity index is 396. The van der Waals surface area contributed by atoms with Gasteiger partial charge in [0.15, 0.2) is 0 Å². The highest BCUT2D eigenvalue weighted by Crippen LogP contribution is 2.32. The van der Waals surface area contributed by atoms with E-state index in [1.54, 1.807) is 0 Å². The number of thioether (sulfide) groups is 1. The zero-order valence-electron chi connectivity index (χ0n) is 12.8. The highest BCUT2D eigenvalue weighted by Gasteiger charge is 2.25. The third kappa shape index (κ3) is 4.21. The number of pyridine rings is 1. The van der Waals surface area contributed by atoms with Crippen LogP contribution in [0.1, 0.15) is 51.8 Å². The van der Waals surface area contributed by atoms with Crippen molar-refractivity contribution in [3.63, 3.8) is 0 Å². The van der Waals surface area contributed by atoms with Crippen LogP contribution in [-0.2, 0) is 4.74 Å². The van der Waals surface area contributed by atoms with Gasteiger partial charge in [-0.3, -0.25) is 4.98 Å². The standard InChI is InChI=1S/C16H26N2OS/c1-4-9-17-14(5-2)15-7-6-13(11-18-15)20-16-8-10-19-12(16)3/h6-7,11-12,14,16-17H,4-5,8-10H2,1-3H3. The van der Waals surface area contributed by atoms with Gasteiger partial charge in [-0.2, -0.15) is 0 Å². The molecular weight excluding hydrogens is 268 g/mol. The molecular formula is C16H26N2OS. The maximum Gasteiger partial charge on any atom is 0.0669 e. The lowest BCUT2D eigenvalue weighted by Gasteiger charge is -2.17. The summed E-state index contributed by atoms with van der Waals surface area (Å²) in [6.45, 7) is 8.50. The fourth-order valence-corrected chi connectivity index (χ4v) is 3.58. The van der Waals surface area contributed by atoms with Crippen molar-refractivity contribution < 1.29 is 4.74 Å². The molecule has 0 aliphatic carbocycles. The number of hydrogen-bond donors (Lipinski definition) is 1. The van der Waals surface area contributed by atoms with Gasteiger partial charge in [-0.05, 0) is 44.9 Å². The maximum absolute atomic E-state index is 5.61. The van der Waals surface area contributed by atoms with Crippen LogP contribution < -0.4 is 5.32 Å². The molecule has 3 nitrogen and oxygen atoms in total. The fraction of sp³-hybridized carbons (Fsp3) is 0.688. The molecule has 0 spiro atoms. The zero-order valence-corrected chi connectivity index (χ0v) is 13.6. The molecule has 1 saturated heterocycles. The van der Waals surface area contributed by atoms with Gasteiger partial charge in [0.05, 0.1) is 11.8 Å². The molecule has 1 fully saturated rings. The summed E-state index contributed by atoms with van der Waals surface area (Å²) in [5.74, 6) is 0. The van der Waals surface area contributed by atoms with Crippen LogP contribution in [0.15, 0.2) is 23.2 Å². The average Bonchev–Trinajstić information content (AvgIpc) is 2.87. The van der Waals surface area contributed by atoms with Crippen molar-refractivity contribution in [3.8, 4) is 0 Å². The van der Waals surface area contributed by atoms with Crippen molar-refractivity contribution in [2.24, 2.45) is 0 Å². The molecule has 1 N–H and O–H groups in total. The normalized spacial score (nSPS) is 23.9. The fourth-order valence-electron chi connectivity index (χ4n) is 2.49. The topological polar surface area (TPSA) is 34.1 Å². The number of nitrogens with one attached hydrogen (secondary N) is 1. The van der Waals surface area contributed by atoms with E-state index >= 15 is 0 Å². The van der Waals surface area contributed by atoms with Gasteiger partial charge < -0.3 is 10.1 Å². The lowest BCUT2D eigenvalue weighted by Crippen LogP contribution is -2.22. The van der Waals surface area contributed by atoms with E-state index in [2.05, 4.69) is 43.2 Å². The molecule has 1 aliphatic heterocycles. The first kappa shape index (κ1) is 15.8. The minimum Gasteiger partial charge on any atom is -0.377 e. The Morgan fingerprint density at radius 3 is 2.85 bits per heavy atom.